The fourth-order valence-electron chi connectivity index (χ4n) is 3.58. The van der Waals surface area contributed by atoms with Crippen LogP contribution in [0.2, 0.25) is 5.02 Å². The topological polar surface area (TPSA) is 117 Å². The normalized spacial score (nSPS) is 10.8. The standard InChI is InChI=1S/C27H22ClN3O6S/c1-4-37-23-11-12-25(26-20(23)6-5-13-29-26)38(33,34)31-21-10-9-19(28)14-17(21)7-8-18-16-30-22(27(32)36-3)15-24(18)35-2/h5-6,9-16,31H,4H2,1-3H3. The Bertz CT molecular complexity index is 1700. The van der Waals surface area contributed by atoms with E-state index in [1.165, 1.54) is 50.9 Å². The maximum Gasteiger partial charge on any atom is 0.356 e. The van der Waals surface area contributed by atoms with Crippen LogP contribution in [0.1, 0.15) is 28.5 Å². The molecule has 2 aromatic carbocycles. The minimum absolute atomic E-state index is 0.0188. The summed E-state index contributed by atoms with van der Waals surface area (Å²) in [7, 11) is -1.41. The Kier molecular flexibility index (Phi) is 8.00. The molecule has 0 aliphatic heterocycles. The number of anilines is 1. The highest BCUT2D eigenvalue weighted by atomic mass is 35.5. The summed E-state index contributed by atoms with van der Waals surface area (Å²) in [4.78, 5) is 20.1. The number of carbonyl (C=O) groups excluding carboxylic acids is 1. The van der Waals surface area contributed by atoms with Crippen molar-refractivity contribution in [2.24, 2.45) is 0 Å². The van der Waals surface area contributed by atoms with Crippen LogP contribution >= 0.6 is 11.6 Å². The molecular weight excluding hydrogens is 530 g/mol. The van der Waals surface area contributed by atoms with Crippen molar-refractivity contribution in [2.75, 3.05) is 25.5 Å². The molecule has 11 heteroatoms. The van der Waals surface area contributed by atoms with Crippen LogP contribution in [0, 0.1) is 11.8 Å². The average molecular weight is 552 g/mol. The van der Waals surface area contributed by atoms with Gasteiger partial charge in [-0.2, -0.15) is 0 Å². The Hall–Kier alpha value is -4.33. The van der Waals surface area contributed by atoms with Crippen molar-refractivity contribution in [1.82, 2.24) is 9.97 Å². The van der Waals surface area contributed by atoms with E-state index in [2.05, 4.69) is 31.3 Å². The van der Waals surface area contributed by atoms with E-state index >= 15 is 0 Å². The molecular formula is C27H22ClN3O6S. The quantitative estimate of drug-likeness (QED) is 0.260. The second-order valence-corrected chi connectivity index (χ2v) is 9.79. The molecule has 0 amide bonds. The van der Waals surface area contributed by atoms with Gasteiger partial charge in [-0.1, -0.05) is 23.4 Å². The number of rotatable bonds is 7. The molecule has 0 aliphatic carbocycles. The summed E-state index contributed by atoms with van der Waals surface area (Å²) in [5.41, 5.74) is 1.22. The Morgan fingerprint density at radius 2 is 1.82 bits per heavy atom. The zero-order valence-electron chi connectivity index (χ0n) is 20.6. The molecule has 0 spiro atoms. The highest BCUT2D eigenvalue weighted by Gasteiger charge is 2.21. The minimum Gasteiger partial charge on any atom is -0.495 e. The van der Waals surface area contributed by atoms with Gasteiger partial charge in [-0.15, -0.1) is 0 Å². The largest absolute Gasteiger partial charge is 0.495 e. The highest BCUT2D eigenvalue weighted by Crippen LogP contribution is 2.31. The van der Waals surface area contributed by atoms with Crippen LogP contribution in [0.15, 0.2) is 65.8 Å². The van der Waals surface area contributed by atoms with Crippen molar-refractivity contribution >= 4 is 44.2 Å². The second-order valence-electron chi connectivity index (χ2n) is 7.70. The molecule has 4 rings (SSSR count). The predicted molar refractivity (Wildman–Crippen MR) is 143 cm³/mol. The van der Waals surface area contributed by atoms with E-state index in [-0.39, 0.29) is 21.8 Å². The maximum atomic E-state index is 13.5. The molecule has 0 bridgehead atoms. The summed E-state index contributed by atoms with van der Waals surface area (Å²) in [5.74, 6) is 6.02. The third-order valence-corrected chi connectivity index (χ3v) is 6.95. The number of nitrogens with one attached hydrogen (secondary N) is 1. The highest BCUT2D eigenvalue weighted by molar-refractivity contribution is 7.93. The molecule has 9 nitrogen and oxygen atoms in total. The van der Waals surface area contributed by atoms with Gasteiger partial charge in [-0.3, -0.25) is 9.71 Å². The number of hydrogen-bond donors (Lipinski definition) is 1. The van der Waals surface area contributed by atoms with Crippen molar-refractivity contribution in [3.05, 3.63) is 82.8 Å². The van der Waals surface area contributed by atoms with Gasteiger partial charge >= 0.3 is 5.97 Å². The summed E-state index contributed by atoms with van der Waals surface area (Å²) >= 11 is 6.18. The van der Waals surface area contributed by atoms with Crippen LogP contribution in [0.3, 0.4) is 0 Å². The number of nitrogens with zero attached hydrogens (tertiary/aromatic N) is 2. The average Bonchev–Trinajstić information content (AvgIpc) is 2.92. The molecule has 2 aromatic heterocycles. The first kappa shape index (κ1) is 26.7. The molecule has 38 heavy (non-hydrogen) atoms. The number of halogens is 1. The predicted octanol–water partition coefficient (Wildman–Crippen LogP) is 4.68. The molecule has 2 heterocycles. The Morgan fingerprint density at radius 1 is 1.03 bits per heavy atom. The number of sulfonamides is 1. The second kappa shape index (κ2) is 11.4. The van der Waals surface area contributed by atoms with Gasteiger partial charge in [0, 0.05) is 28.9 Å². The van der Waals surface area contributed by atoms with Crippen LogP contribution in [0.4, 0.5) is 5.69 Å². The van der Waals surface area contributed by atoms with E-state index in [9.17, 15) is 13.2 Å². The summed E-state index contributed by atoms with van der Waals surface area (Å²) < 4.78 is 45.2. The zero-order chi connectivity index (χ0) is 27.3. The number of pyridine rings is 2. The Balaban J connectivity index is 1.73. The number of hydrogen-bond acceptors (Lipinski definition) is 8. The van der Waals surface area contributed by atoms with Gasteiger partial charge in [0.15, 0.2) is 5.69 Å². The third kappa shape index (κ3) is 5.64. The number of benzene rings is 2. The summed E-state index contributed by atoms with van der Waals surface area (Å²) in [6.07, 6.45) is 2.88. The van der Waals surface area contributed by atoms with Crippen molar-refractivity contribution in [3.8, 4) is 23.3 Å². The molecule has 0 fully saturated rings. The molecule has 0 atom stereocenters. The maximum absolute atomic E-state index is 13.5. The van der Waals surface area contributed by atoms with Gasteiger partial charge in [0.1, 0.15) is 16.4 Å². The first-order valence-electron chi connectivity index (χ1n) is 11.2. The van der Waals surface area contributed by atoms with E-state index in [4.69, 9.17) is 21.1 Å². The van der Waals surface area contributed by atoms with E-state index < -0.39 is 16.0 Å². The van der Waals surface area contributed by atoms with Crippen LogP contribution in [0.25, 0.3) is 10.9 Å². The number of carbonyl (C=O) groups is 1. The van der Waals surface area contributed by atoms with Crippen molar-refractivity contribution < 1.29 is 27.4 Å². The van der Waals surface area contributed by atoms with Crippen molar-refractivity contribution in [2.45, 2.75) is 11.8 Å². The smallest absolute Gasteiger partial charge is 0.356 e. The Morgan fingerprint density at radius 3 is 2.55 bits per heavy atom. The molecule has 1 N–H and O–H groups in total. The van der Waals surface area contributed by atoms with Gasteiger partial charge in [-0.25, -0.2) is 18.2 Å². The van der Waals surface area contributed by atoms with E-state index in [0.29, 0.717) is 39.6 Å². The lowest BCUT2D eigenvalue weighted by atomic mass is 10.1. The molecule has 0 unspecified atom stereocenters. The fourth-order valence-corrected chi connectivity index (χ4v) is 4.99. The number of fused-ring (bicyclic) bond motifs is 1. The molecule has 4 aromatic rings. The summed E-state index contributed by atoms with van der Waals surface area (Å²) in [6, 6.07) is 12.5. The lowest BCUT2D eigenvalue weighted by Gasteiger charge is -2.14. The monoisotopic (exact) mass is 551 g/mol. The molecule has 194 valence electrons. The van der Waals surface area contributed by atoms with Gasteiger partial charge in [0.25, 0.3) is 10.0 Å². The SMILES string of the molecule is CCOc1ccc(S(=O)(=O)Nc2ccc(Cl)cc2C#Cc2cnc(C(=O)OC)cc2OC)c2ncccc12. The van der Waals surface area contributed by atoms with Gasteiger partial charge in [0.2, 0.25) is 0 Å². The summed E-state index contributed by atoms with van der Waals surface area (Å²) in [6.45, 7) is 2.27. The van der Waals surface area contributed by atoms with Crippen LogP contribution in [0.5, 0.6) is 11.5 Å². The molecule has 0 aliphatic rings. The fraction of sp³-hybridized carbons (Fsp3) is 0.148. The van der Waals surface area contributed by atoms with E-state index in [1.54, 1.807) is 24.3 Å². The lowest BCUT2D eigenvalue weighted by molar-refractivity contribution is 0.0593. The van der Waals surface area contributed by atoms with Crippen LogP contribution < -0.4 is 14.2 Å². The lowest BCUT2D eigenvalue weighted by Crippen LogP contribution is -2.15. The molecule has 0 saturated heterocycles. The van der Waals surface area contributed by atoms with Gasteiger partial charge < -0.3 is 14.2 Å². The minimum atomic E-state index is -4.09. The van der Waals surface area contributed by atoms with Crippen molar-refractivity contribution in [1.29, 1.82) is 0 Å². The number of aromatic nitrogens is 2. The van der Waals surface area contributed by atoms with E-state index in [1.807, 2.05) is 6.92 Å². The first-order chi connectivity index (χ1) is 18.3. The number of ether oxygens (including phenoxy) is 3. The number of methoxy groups -OCH3 is 2. The third-order valence-electron chi connectivity index (χ3n) is 5.32. The molecule has 0 saturated carbocycles. The van der Waals surface area contributed by atoms with Gasteiger partial charge in [-0.05, 0) is 49.4 Å². The summed E-state index contributed by atoms with van der Waals surface area (Å²) in [5, 5.41) is 0.930. The van der Waals surface area contributed by atoms with Crippen LogP contribution in [-0.2, 0) is 14.8 Å². The van der Waals surface area contributed by atoms with Crippen LogP contribution in [-0.4, -0.2) is 45.2 Å². The Labute approximate surface area is 224 Å². The van der Waals surface area contributed by atoms with E-state index in [0.717, 1.165) is 0 Å². The zero-order valence-corrected chi connectivity index (χ0v) is 22.2. The van der Waals surface area contributed by atoms with Gasteiger partial charge in [0.05, 0.1) is 43.2 Å². The van der Waals surface area contributed by atoms with Crippen molar-refractivity contribution in [3.63, 3.8) is 0 Å². The first-order valence-corrected chi connectivity index (χ1v) is 13.1. The molecule has 0 radical (unpaired) electrons. The number of esters is 1.